The molecule has 4 rings (SSSR count). The van der Waals surface area contributed by atoms with E-state index >= 15 is 0 Å². The van der Waals surface area contributed by atoms with Gasteiger partial charge in [0, 0.05) is 18.5 Å². The standard InChI is InChI=1S/C16H19N3O2S/c1-11-3-4-13(21-11)15-17-12(9-22-15)14(20)18-16-5-2-7-19(10-16)8-6-16/h3-4,9H,2,5-8,10H2,1H3,(H,18,20). The summed E-state index contributed by atoms with van der Waals surface area (Å²) in [6.07, 6.45) is 3.28. The minimum atomic E-state index is -0.0606. The number of carbonyl (C=O) groups is 1. The summed E-state index contributed by atoms with van der Waals surface area (Å²) in [5.41, 5.74) is 0.452. The first-order valence-corrected chi connectivity index (χ1v) is 8.59. The molecule has 4 heterocycles. The van der Waals surface area contributed by atoms with Crippen LogP contribution in [-0.4, -0.2) is 41.0 Å². The molecule has 22 heavy (non-hydrogen) atoms. The van der Waals surface area contributed by atoms with Gasteiger partial charge in [-0.15, -0.1) is 11.3 Å². The van der Waals surface area contributed by atoms with E-state index in [1.807, 2.05) is 24.4 Å². The van der Waals surface area contributed by atoms with Crippen LogP contribution in [0, 0.1) is 6.92 Å². The molecule has 2 aromatic rings. The lowest BCUT2D eigenvalue weighted by atomic mass is 9.90. The summed E-state index contributed by atoms with van der Waals surface area (Å²) in [5.74, 6) is 1.52. The van der Waals surface area contributed by atoms with Gasteiger partial charge in [-0.1, -0.05) is 0 Å². The third-order valence-corrected chi connectivity index (χ3v) is 5.49. The van der Waals surface area contributed by atoms with Crippen LogP contribution in [0.2, 0.25) is 0 Å². The fourth-order valence-corrected chi connectivity index (χ4v) is 4.26. The number of furan rings is 1. The van der Waals surface area contributed by atoms with E-state index in [2.05, 4.69) is 15.2 Å². The highest BCUT2D eigenvalue weighted by molar-refractivity contribution is 7.13. The van der Waals surface area contributed by atoms with E-state index in [4.69, 9.17) is 4.42 Å². The Balaban J connectivity index is 1.50. The van der Waals surface area contributed by atoms with Crippen molar-refractivity contribution in [1.29, 1.82) is 0 Å². The van der Waals surface area contributed by atoms with Gasteiger partial charge in [-0.25, -0.2) is 4.98 Å². The van der Waals surface area contributed by atoms with Gasteiger partial charge in [0.1, 0.15) is 11.5 Å². The Morgan fingerprint density at radius 1 is 1.41 bits per heavy atom. The van der Waals surface area contributed by atoms with Crippen molar-refractivity contribution < 1.29 is 9.21 Å². The lowest BCUT2D eigenvalue weighted by molar-refractivity contribution is 0.0873. The molecule has 116 valence electrons. The molecule has 2 aliphatic heterocycles. The van der Waals surface area contributed by atoms with Gasteiger partial charge in [0.2, 0.25) is 0 Å². The smallest absolute Gasteiger partial charge is 0.271 e. The Morgan fingerprint density at radius 3 is 3.14 bits per heavy atom. The summed E-state index contributed by atoms with van der Waals surface area (Å²) in [5, 5.41) is 5.81. The van der Waals surface area contributed by atoms with Crippen LogP contribution >= 0.6 is 11.3 Å². The highest BCUT2D eigenvalue weighted by Gasteiger charge is 2.42. The Kier molecular flexibility index (Phi) is 3.31. The number of rotatable bonds is 3. The molecule has 0 radical (unpaired) electrons. The minimum absolute atomic E-state index is 0.0413. The molecule has 2 atom stereocenters. The third-order valence-electron chi connectivity index (χ3n) is 4.63. The van der Waals surface area contributed by atoms with Crippen LogP contribution < -0.4 is 5.32 Å². The molecule has 1 amide bonds. The molecule has 5 nitrogen and oxygen atoms in total. The van der Waals surface area contributed by atoms with Crippen LogP contribution in [0.3, 0.4) is 0 Å². The number of thiazole rings is 1. The van der Waals surface area contributed by atoms with Crippen molar-refractivity contribution in [2.75, 3.05) is 19.6 Å². The number of fused-ring (bicyclic) bond motifs is 2. The number of amides is 1. The molecule has 2 fully saturated rings. The number of carbonyl (C=O) groups excluding carboxylic acids is 1. The monoisotopic (exact) mass is 317 g/mol. The molecule has 0 saturated carbocycles. The fraction of sp³-hybridized carbons (Fsp3) is 0.500. The van der Waals surface area contributed by atoms with E-state index in [0.717, 1.165) is 55.4 Å². The van der Waals surface area contributed by atoms with Crippen molar-refractivity contribution in [3.8, 4) is 10.8 Å². The van der Waals surface area contributed by atoms with Gasteiger partial charge in [-0.3, -0.25) is 4.79 Å². The number of nitrogens with one attached hydrogen (secondary N) is 1. The van der Waals surface area contributed by atoms with E-state index in [1.165, 1.54) is 11.3 Å². The van der Waals surface area contributed by atoms with Gasteiger partial charge >= 0.3 is 0 Å². The van der Waals surface area contributed by atoms with E-state index in [0.29, 0.717) is 5.69 Å². The van der Waals surface area contributed by atoms with Crippen LogP contribution in [0.25, 0.3) is 10.8 Å². The van der Waals surface area contributed by atoms with E-state index in [9.17, 15) is 4.79 Å². The summed E-state index contributed by atoms with van der Waals surface area (Å²) >= 11 is 1.45. The summed E-state index contributed by atoms with van der Waals surface area (Å²) in [4.78, 5) is 19.4. The molecule has 0 spiro atoms. The van der Waals surface area contributed by atoms with Crippen LogP contribution in [0.1, 0.15) is 35.5 Å². The molecule has 2 bridgehead atoms. The second kappa shape index (κ2) is 5.21. The Morgan fingerprint density at radius 2 is 2.32 bits per heavy atom. The van der Waals surface area contributed by atoms with Gasteiger partial charge < -0.3 is 14.6 Å². The normalized spacial score (nSPS) is 27.0. The molecular formula is C16H19N3O2S. The van der Waals surface area contributed by atoms with Crippen molar-refractivity contribution in [2.45, 2.75) is 31.7 Å². The molecule has 1 N–H and O–H groups in total. The van der Waals surface area contributed by atoms with E-state index in [-0.39, 0.29) is 11.4 Å². The average Bonchev–Trinajstić information content (AvgIpc) is 3.19. The lowest BCUT2D eigenvalue weighted by Crippen LogP contribution is -2.52. The molecule has 2 saturated heterocycles. The predicted molar refractivity (Wildman–Crippen MR) is 85.0 cm³/mol. The molecule has 0 aliphatic carbocycles. The van der Waals surface area contributed by atoms with Crippen molar-refractivity contribution in [2.24, 2.45) is 0 Å². The first-order valence-electron chi connectivity index (χ1n) is 7.71. The Hall–Kier alpha value is -1.66. The zero-order chi connectivity index (χ0) is 15.2. The highest BCUT2D eigenvalue weighted by Crippen LogP contribution is 2.32. The lowest BCUT2D eigenvalue weighted by Gasteiger charge is -2.34. The SMILES string of the molecule is Cc1ccc(-c2nc(C(=O)NC34CCCN(CC3)C4)cs2)o1. The molecule has 2 unspecified atom stereocenters. The predicted octanol–water partition coefficient (Wildman–Crippen LogP) is 2.68. The quantitative estimate of drug-likeness (QED) is 0.945. The summed E-state index contributed by atoms with van der Waals surface area (Å²) in [7, 11) is 0. The summed E-state index contributed by atoms with van der Waals surface area (Å²) in [6, 6.07) is 3.80. The molecule has 2 aromatic heterocycles. The van der Waals surface area contributed by atoms with Gasteiger partial charge in [-0.2, -0.15) is 0 Å². The van der Waals surface area contributed by atoms with Crippen molar-refractivity contribution in [1.82, 2.24) is 15.2 Å². The topological polar surface area (TPSA) is 58.4 Å². The second-order valence-corrected chi connectivity index (χ2v) is 7.17. The maximum absolute atomic E-state index is 12.5. The molecule has 0 aromatic carbocycles. The second-order valence-electron chi connectivity index (χ2n) is 6.31. The molecule has 2 aliphatic rings. The third kappa shape index (κ3) is 2.46. The van der Waals surface area contributed by atoms with Gasteiger partial charge in [0.25, 0.3) is 5.91 Å². The minimum Gasteiger partial charge on any atom is -0.459 e. The van der Waals surface area contributed by atoms with Crippen LogP contribution in [-0.2, 0) is 0 Å². The van der Waals surface area contributed by atoms with Crippen LogP contribution in [0.4, 0.5) is 0 Å². The average molecular weight is 317 g/mol. The number of nitrogens with zero attached hydrogens (tertiary/aromatic N) is 2. The number of aryl methyl sites for hydroxylation is 1. The zero-order valence-electron chi connectivity index (χ0n) is 12.6. The van der Waals surface area contributed by atoms with Gasteiger partial charge in [-0.05, 0) is 44.9 Å². The van der Waals surface area contributed by atoms with Crippen molar-refractivity contribution in [3.05, 3.63) is 29.0 Å². The first kappa shape index (κ1) is 14.0. The first-order chi connectivity index (χ1) is 10.6. The zero-order valence-corrected chi connectivity index (χ0v) is 13.4. The van der Waals surface area contributed by atoms with E-state index < -0.39 is 0 Å². The number of hydrogen-bond donors (Lipinski definition) is 1. The summed E-state index contributed by atoms with van der Waals surface area (Å²) in [6.45, 7) is 5.14. The molecular weight excluding hydrogens is 298 g/mol. The van der Waals surface area contributed by atoms with E-state index in [1.54, 1.807) is 0 Å². The summed E-state index contributed by atoms with van der Waals surface area (Å²) < 4.78 is 5.57. The van der Waals surface area contributed by atoms with Gasteiger partial charge in [0.15, 0.2) is 10.8 Å². The largest absolute Gasteiger partial charge is 0.459 e. The maximum Gasteiger partial charge on any atom is 0.271 e. The van der Waals surface area contributed by atoms with Crippen molar-refractivity contribution in [3.63, 3.8) is 0 Å². The Bertz CT molecular complexity index is 704. The van der Waals surface area contributed by atoms with Crippen molar-refractivity contribution >= 4 is 17.2 Å². The van der Waals surface area contributed by atoms with Gasteiger partial charge in [0.05, 0.1) is 5.54 Å². The van der Waals surface area contributed by atoms with Crippen LogP contribution in [0.15, 0.2) is 21.9 Å². The maximum atomic E-state index is 12.5. The number of aromatic nitrogens is 1. The molecule has 6 heteroatoms. The van der Waals surface area contributed by atoms with Crippen LogP contribution in [0.5, 0.6) is 0 Å². The fourth-order valence-electron chi connectivity index (χ4n) is 3.50. The Labute approximate surface area is 133 Å². The highest BCUT2D eigenvalue weighted by atomic mass is 32.1. The number of piperidine rings is 1. The number of hydrogen-bond acceptors (Lipinski definition) is 5.